The van der Waals surface area contributed by atoms with Crippen LogP contribution in [0.4, 0.5) is 0 Å². The standard InChI is InChI=1S/C11H16O2/c1-5-6-13-11(12)8-10(4)7-9(2)3/h1,8-9H,6-7H2,2-4H3/b10-8+. The zero-order valence-electron chi connectivity index (χ0n) is 8.46. The van der Waals surface area contributed by atoms with E-state index in [0.717, 1.165) is 12.0 Å². The van der Waals surface area contributed by atoms with E-state index in [0.29, 0.717) is 5.92 Å². The summed E-state index contributed by atoms with van der Waals surface area (Å²) in [5, 5.41) is 0. The van der Waals surface area contributed by atoms with Crippen molar-refractivity contribution < 1.29 is 9.53 Å². The maximum atomic E-state index is 11.0. The summed E-state index contributed by atoms with van der Waals surface area (Å²) in [5.41, 5.74) is 1.03. The molecule has 0 aromatic rings. The molecule has 72 valence electrons. The predicted octanol–water partition coefficient (Wildman–Crippen LogP) is 2.16. The number of hydrogen-bond donors (Lipinski definition) is 0. The molecule has 2 heteroatoms. The summed E-state index contributed by atoms with van der Waals surface area (Å²) in [4.78, 5) is 11.0. The highest BCUT2D eigenvalue weighted by Gasteiger charge is 2.00. The summed E-state index contributed by atoms with van der Waals surface area (Å²) in [6, 6.07) is 0. The van der Waals surface area contributed by atoms with Crippen LogP contribution in [-0.2, 0) is 9.53 Å². The van der Waals surface area contributed by atoms with Crippen molar-refractivity contribution in [2.75, 3.05) is 6.61 Å². The first-order valence-electron chi connectivity index (χ1n) is 4.33. The Kier molecular flexibility index (Phi) is 5.71. The highest BCUT2D eigenvalue weighted by atomic mass is 16.5. The minimum absolute atomic E-state index is 0.0459. The van der Waals surface area contributed by atoms with E-state index >= 15 is 0 Å². The van der Waals surface area contributed by atoms with Crippen LogP contribution in [-0.4, -0.2) is 12.6 Å². The maximum Gasteiger partial charge on any atom is 0.331 e. The van der Waals surface area contributed by atoms with Gasteiger partial charge >= 0.3 is 5.97 Å². The third-order valence-electron chi connectivity index (χ3n) is 1.39. The molecule has 0 saturated heterocycles. The highest BCUT2D eigenvalue weighted by molar-refractivity contribution is 5.82. The number of esters is 1. The average molecular weight is 180 g/mol. The van der Waals surface area contributed by atoms with Gasteiger partial charge in [-0.3, -0.25) is 0 Å². The van der Waals surface area contributed by atoms with E-state index in [1.807, 2.05) is 6.92 Å². The third kappa shape index (κ3) is 7.14. The molecule has 0 radical (unpaired) electrons. The van der Waals surface area contributed by atoms with Crippen molar-refractivity contribution in [2.45, 2.75) is 27.2 Å². The van der Waals surface area contributed by atoms with E-state index < -0.39 is 0 Å². The molecule has 0 saturated carbocycles. The number of rotatable bonds is 4. The molecule has 0 N–H and O–H groups in total. The molecule has 0 rings (SSSR count). The average Bonchev–Trinajstić information content (AvgIpc) is 1.98. The zero-order valence-corrected chi connectivity index (χ0v) is 8.46. The van der Waals surface area contributed by atoms with Gasteiger partial charge in [-0.15, -0.1) is 6.42 Å². The fourth-order valence-corrected chi connectivity index (χ4v) is 1.06. The molecule has 0 aromatic heterocycles. The van der Waals surface area contributed by atoms with Gasteiger partial charge in [0.15, 0.2) is 6.61 Å². The van der Waals surface area contributed by atoms with Crippen molar-refractivity contribution in [3.05, 3.63) is 11.6 Å². The van der Waals surface area contributed by atoms with E-state index in [4.69, 9.17) is 11.2 Å². The monoisotopic (exact) mass is 180 g/mol. The lowest BCUT2D eigenvalue weighted by Gasteiger charge is -2.03. The number of carbonyl (C=O) groups excluding carboxylic acids is 1. The normalized spacial score (nSPS) is 11.2. The molecule has 2 nitrogen and oxygen atoms in total. The van der Waals surface area contributed by atoms with Crippen molar-refractivity contribution in [1.29, 1.82) is 0 Å². The van der Waals surface area contributed by atoms with Crippen LogP contribution in [0.2, 0.25) is 0 Å². The van der Waals surface area contributed by atoms with Crippen molar-refractivity contribution in [1.82, 2.24) is 0 Å². The third-order valence-corrected chi connectivity index (χ3v) is 1.39. The number of carbonyl (C=O) groups is 1. The fraction of sp³-hybridized carbons (Fsp3) is 0.545. The van der Waals surface area contributed by atoms with Gasteiger partial charge in [0.05, 0.1) is 0 Å². The second-order valence-corrected chi connectivity index (χ2v) is 3.40. The first kappa shape index (κ1) is 11.8. The van der Waals surface area contributed by atoms with Crippen molar-refractivity contribution >= 4 is 5.97 Å². The molecule has 0 spiro atoms. The first-order valence-corrected chi connectivity index (χ1v) is 4.33. The van der Waals surface area contributed by atoms with E-state index in [-0.39, 0.29) is 12.6 Å². The molecule has 0 amide bonds. The topological polar surface area (TPSA) is 26.3 Å². The Morgan fingerprint density at radius 1 is 1.62 bits per heavy atom. The fourth-order valence-electron chi connectivity index (χ4n) is 1.06. The molecule has 0 aliphatic carbocycles. The lowest BCUT2D eigenvalue weighted by Crippen LogP contribution is -2.02. The molecular weight excluding hydrogens is 164 g/mol. The van der Waals surface area contributed by atoms with Crippen molar-refractivity contribution in [3.63, 3.8) is 0 Å². The number of terminal acetylenes is 1. The van der Waals surface area contributed by atoms with Gasteiger partial charge in [-0.05, 0) is 19.3 Å². The van der Waals surface area contributed by atoms with Crippen LogP contribution in [0, 0.1) is 18.3 Å². The summed E-state index contributed by atoms with van der Waals surface area (Å²) in [7, 11) is 0. The van der Waals surface area contributed by atoms with Crippen molar-refractivity contribution in [3.8, 4) is 12.3 Å². The lowest BCUT2D eigenvalue weighted by atomic mass is 10.0. The lowest BCUT2D eigenvalue weighted by molar-refractivity contribution is -0.136. The van der Waals surface area contributed by atoms with Crippen molar-refractivity contribution in [2.24, 2.45) is 5.92 Å². The van der Waals surface area contributed by atoms with E-state index in [1.165, 1.54) is 6.08 Å². The summed E-state index contributed by atoms with van der Waals surface area (Å²) < 4.78 is 4.69. The molecule has 0 atom stereocenters. The summed E-state index contributed by atoms with van der Waals surface area (Å²) in [6.07, 6.45) is 7.35. The molecule has 0 unspecified atom stereocenters. The van der Waals surface area contributed by atoms with Crippen LogP contribution < -0.4 is 0 Å². The van der Waals surface area contributed by atoms with Gasteiger partial charge in [0.1, 0.15) is 0 Å². The Balaban J connectivity index is 3.93. The van der Waals surface area contributed by atoms with Gasteiger partial charge in [0.2, 0.25) is 0 Å². The summed E-state index contributed by atoms with van der Waals surface area (Å²) in [6.45, 7) is 6.16. The van der Waals surface area contributed by atoms with Crippen LogP contribution in [0.1, 0.15) is 27.2 Å². The molecule has 0 aliphatic heterocycles. The maximum absolute atomic E-state index is 11.0. The number of allylic oxidation sites excluding steroid dienone is 1. The van der Waals surface area contributed by atoms with Gasteiger partial charge in [0, 0.05) is 6.08 Å². The van der Waals surface area contributed by atoms with E-state index in [9.17, 15) is 4.79 Å². The highest BCUT2D eigenvalue weighted by Crippen LogP contribution is 2.09. The van der Waals surface area contributed by atoms with E-state index in [1.54, 1.807) is 0 Å². The largest absolute Gasteiger partial charge is 0.449 e. The minimum atomic E-state index is -0.351. The van der Waals surface area contributed by atoms with Crippen LogP contribution in [0.25, 0.3) is 0 Å². The molecule has 0 aliphatic rings. The Morgan fingerprint density at radius 2 is 2.23 bits per heavy atom. The van der Waals surface area contributed by atoms with Crippen LogP contribution >= 0.6 is 0 Å². The molecule has 13 heavy (non-hydrogen) atoms. The quantitative estimate of drug-likeness (QED) is 0.376. The summed E-state index contributed by atoms with van der Waals surface area (Å²) >= 11 is 0. The Bertz CT molecular complexity index is 231. The van der Waals surface area contributed by atoms with Gasteiger partial charge in [-0.2, -0.15) is 0 Å². The Hall–Kier alpha value is -1.23. The molecule has 0 fully saturated rings. The zero-order chi connectivity index (χ0) is 10.3. The van der Waals surface area contributed by atoms with Gasteiger partial charge < -0.3 is 4.74 Å². The van der Waals surface area contributed by atoms with Crippen LogP contribution in [0.5, 0.6) is 0 Å². The molecule has 0 heterocycles. The Morgan fingerprint density at radius 3 is 2.69 bits per heavy atom. The number of hydrogen-bond acceptors (Lipinski definition) is 2. The second-order valence-electron chi connectivity index (χ2n) is 3.40. The second kappa shape index (κ2) is 6.30. The van der Waals surface area contributed by atoms with Crippen LogP contribution in [0.3, 0.4) is 0 Å². The minimum Gasteiger partial charge on any atom is -0.449 e. The summed E-state index contributed by atoms with van der Waals surface area (Å²) in [5.74, 6) is 2.44. The predicted molar refractivity (Wildman–Crippen MR) is 53.0 cm³/mol. The van der Waals surface area contributed by atoms with E-state index in [2.05, 4.69) is 19.8 Å². The van der Waals surface area contributed by atoms with Gasteiger partial charge in [-0.1, -0.05) is 25.3 Å². The van der Waals surface area contributed by atoms with Crippen LogP contribution in [0.15, 0.2) is 11.6 Å². The molecular formula is C11H16O2. The van der Waals surface area contributed by atoms with Gasteiger partial charge in [0.25, 0.3) is 0 Å². The number of ether oxygens (including phenoxy) is 1. The van der Waals surface area contributed by atoms with Gasteiger partial charge in [-0.25, -0.2) is 4.79 Å². The molecule has 0 aromatic carbocycles. The SMILES string of the molecule is C#CCOC(=O)/C=C(\C)CC(C)C. The molecule has 0 bridgehead atoms. The first-order chi connectivity index (χ1) is 6.06. The smallest absolute Gasteiger partial charge is 0.331 e. The Labute approximate surface area is 80.0 Å².